The zero-order chi connectivity index (χ0) is 15.4. The van der Waals surface area contributed by atoms with Gasteiger partial charge in [0.25, 0.3) is 0 Å². The van der Waals surface area contributed by atoms with Crippen LogP contribution < -0.4 is 10.6 Å². The molecule has 6 heteroatoms. The maximum Gasteiger partial charge on any atom is 0.146 e. The molecule has 5 nitrogen and oxygen atoms in total. The Balaban J connectivity index is 2.01. The molecule has 0 saturated carbocycles. The summed E-state index contributed by atoms with van der Waals surface area (Å²) in [5, 5.41) is 7.27. The van der Waals surface area contributed by atoms with Crippen LogP contribution >= 0.6 is 11.3 Å². The third kappa shape index (κ3) is 2.92. The van der Waals surface area contributed by atoms with Gasteiger partial charge in [-0.2, -0.15) is 0 Å². The van der Waals surface area contributed by atoms with Crippen LogP contribution in [0.3, 0.4) is 0 Å². The van der Waals surface area contributed by atoms with Gasteiger partial charge in [-0.25, -0.2) is 9.97 Å². The number of fused-ring (bicyclic) bond motifs is 1. The van der Waals surface area contributed by atoms with Gasteiger partial charge in [0.1, 0.15) is 21.2 Å². The van der Waals surface area contributed by atoms with Gasteiger partial charge in [-0.3, -0.25) is 4.99 Å². The van der Waals surface area contributed by atoms with E-state index in [4.69, 9.17) is 4.98 Å². The number of hydrogen-bond donors (Lipinski definition) is 2. The van der Waals surface area contributed by atoms with Crippen LogP contribution in [0.25, 0.3) is 20.9 Å². The summed E-state index contributed by atoms with van der Waals surface area (Å²) < 4.78 is 0. The molecule has 0 aliphatic rings. The van der Waals surface area contributed by atoms with E-state index < -0.39 is 0 Å². The smallest absolute Gasteiger partial charge is 0.146 e. The lowest BCUT2D eigenvalue weighted by molar-refractivity contribution is 0.927. The van der Waals surface area contributed by atoms with Crippen molar-refractivity contribution in [3.63, 3.8) is 0 Å². The quantitative estimate of drug-likeness (QED) is 0.561. The van der Waals surface area contributed by atoms with Gasteiger partial charge in [0.2, 0.25) is 0 Å². The molecule has 0 atom stereocenters. The molecule has 0 amide bonds. The predicted octanol–water partition coefficient (Wildman–Crippen LogP) is 3.15. The Kier molecular flexibility index (Phi) is 4.29. The average Bonchev–Trinajstić information content (AvgIpc) is 2.98. The molecule has 2 aromatic heterocycles. The van der Waals surface area contributed by atoms with Gasteiger partial charge < -0.3 is 10.6 Å². The Bertz CT molecular complexity index is 795. The minimum atomic E-state index is 0.661. The maximum atomic E-state index is 4.71. The fourth-order valence-corrected chi connectivity index (χ4v) is 3.13. The van der Waals surface area contributed by atoms with Gasteiger partial charge in [0.05, 0.1) is 6.34 Å². The zero-order valence-electron chi connectivity index (χ0n) is 12.5. The summed E-state index contributed by atoms with van der Waals surface area (Å²) >= 11 is 1.61. The number of thiazole rings is 1. The van der Waals surface area contributed by atoms with Crippen LogP contribution in [0, 0.1) is 0 Å². The van der Waals surface area contributed by atoms with E-state index in [-0.39, 0.29) is 0 Å². The highest BCUT2D eigenvalue weighted by molar-refractivity contribution is 7.21. The van der Waals surface area contributed by atoms with Crippen molar-refractivity contribution in [2.45, 2.75) is 6.54 Å². The third-order valence-corrected chi connectivity index (χ3v) is 4.25. The van der Waals surface area contributed by atoms with Crippen molar-refractivity contribution in [1.82, 2.24) is 15.3 Å². The highest BCUT2D eigenvalue weighted by atomic mass is 32.1. The number of aromatic nitrogens is 2. The molecule has 0 radical (unpaired) electrons. The summed E-state index contributed by atoms with van der Waals surface area (Å²) in [5.74, 6) is 0.868. The lowest BCUT2D eigenvalue weighted by Crippen LogP contribution is -2.12. The highest BCUT2D eigenvalue weighted by Crippen LogP contribution is 2.31. The molecule has 3 aromatic rings. The van der Waals surface area contributed by atoms with Crippen molar-refractivity contribution < 1.29 is 0 Å². The molecule has 22 heavy (non-hydrogen) atoms. The average molecular weight is 311 g/mol. The van der Waals surface area contributed by atoms with Crippen molar-refractivity contribution in [3.05, 3.63) is 42.0 Å². The number of nitrogens with one attached hydrogen (secondary N) is 2. The van der Waals surface area contributed by atoms with Gasteiger partial charge in [0.15, 0.2) is 0 Å². The number of aliphatic imine (C=N–C) groups is 1. The summed E-state index contributed by atoms with van der Waals surface area (Å²) in [4.78, 5) is 14.3. The van der Waals surface area contributed by atoms with Crippen molar-refractivity contribution in [2.75, 3.05) is 19.4 Å². The largest absolute Gasteiger partial charge is 0.373 e. The van der Waals surface area contributed by atoms with Crippen molar-refractivity contribution >= 4 is 33.8 Å². The molecule has 0 unspecified atom stereocenters. The molecule has 0 bridgehead atoms. The SMILES string of the molecule is CN=CNCc1cc2nc(-c3ccccc3)sc2nc1NC. The van der Waals surface area contributed by atoms with Crippen molar-refractivity contribution in [2.24, 2.45) is 4.99 Å². The second-order valence-electron chi connectivity index (χ2n) is 4.72. The highest BCUT2D eigenvalue weighted by Gasteiger charge is 2.11. The second-order valence-corrected chi connectivity index (χ2v) is 5.70. The van der Waals surface area contributed by atoms with E-state index in [0.717, 1.165) is 32.3 Å². The molecule has 2 heterocycles. The molecular formula is C16H17N5S. The Hall–Kier alpha value is -2.47. The minimum absolute atomic E-state index is 0.661. The molecule has 112 valence electrons. The molecule has 0 saturated heterocycles. The molecule has 0 fully saturated rings. The predicted molar refractivity (Wildman–Crippen MR) is 93.7 cm³/mol. The van der Waals surface area contributed by atoms with Gasteiger partial charge in [0, 0.05) is 31.8 Å². The number of nitrogens with zero attached hydrogens (tertiary/aromatic N) is 3. The normalized spacial score (nSPS) is 11.2. The first-order valence-corrected chi connectivity index (χ1v) is 7.81. The van der Waals surface area contributed by atoms with E-state index >= 15 is 0 Å². The molecule has 3 rings (SSSR count). The van der Waals surface area contributed by atoms with E-state index in [1.54, 1.807) is 24.7 Å². The fraction of sp³-hybridized carbons (Fsp3) is 0.188. The second kappa shape index (κ2) is 6.53. The molecule has 0 aliphatic carbocycles. The molecular weight excluding hydrogens is 294 g/mol. The summed E-state index contributed by atoms with van der Waals surface area (Å²) in [6.45, 7) is 0.661. The van der Waals surface area contributed by atoms with Crippen LogP contribution in [0.5, 0.6) is 0 Å². The van der Waals surface area contributed by atoms with E-state index in [2.05, 4.69) is 38.8 Å². The van der Waals surface area contributed by atoms with Gasteiger partial charge in [-0.15, -0.1) is 0 Å². The number of anilines is 1. The standard InChI is InChI=1S/C16H17N5S/c1-17-10-19-9-12-8-13-16(21-14(12)18-2)22-15(20-13)11-6-4-3-5-7-11/h3-8,10H,9H2,1-2H3,(H,17,19)(H,18,21). The van der Waals surface area contributed by atoms with Crippen LogP contribution in [0.2, 0.25) is 0 Å². The van der Waals surface area contributed by atoms with Crippen LogP contribution in [-0.4, -0.2) is 30.4 Å². The van der Waals surface area contributed by atoms with Crippen LogP contribution in [-0.2, 0) is 6.54 Å². The summed E-state index contributed by atoms with van der Waals surface area (Å²) in [7, 11) is 3.62. The first kappa shape index (κ1) is 14.5. The third-order valence-electron chi connectivity index (χ3n) is 3.23. The van der Waals surface area contributed by atoms with E-state index in [1.165, 1.54) is 0 Å². The molecule has 0 spiro atoms. The number of pyridine rings is 1. The maximum absolute atomic E-state index is 4.71. The topological polar surface area (TPSA) is 62.2 Å². The molecule has 2 N–H and O–H groups in total. The first-order valence-electron chi connectivity index (χ1n) is 6.99. The Morgan fingerprint density at radius 3 is 2.77 bits per heavy atom. The zero-order valence-corrected chi connectivity index (χ0v) is 13.3. The van der Waals surface area contributed by atoms with Crippen molar-refractivity contribution in [1.29, 1.82) is 0 Å². The Morgan fingerprint density at radius 2 is 2.05 bits per heavy atom. The first-order chi connectivity index (χ1) is 10.8. The van der Waals surface area contributed by atoms with Crippen LogP contribution in [0.15, 0.2) is 41.4 Å². The van der Waals surface area contributed by atoms with E-state index in [1.807, 2.05) is 25.2 Å². The summed E-state index contributed by atoms with van der Waals surface area (Å²) in [6.07, 6.45) is 1.68. The summed E-state index contributed by atoms with van der Waals surface area (Å²) in [6, 6.07) is 12.3. The molecule has 0 aliphatic heterocycles. The van der Waals surface area contributed by atoms with Gasteiger partial charge in [-0.1, -0.05) is 41.7 Å². The fourth-order valence-electron chi connectivity index (χ4n) is 2.21. The minimum Gasteiger partial charge on any atom is -0.373 e. The van der Waals surface area contributed by atoms with Crippen LogP contribution in [0.4, 0.5) is 5.82 Å². The monoisotopic (exact) mass is 311 g/mol. The van der Waals surface area contributed by atoms with Crippen LogP contribution in [0.1, 0.15) is 5.56 Å². The van der Waals surface area contributed by atoms with E-state index in [0.29, 0.717) is 6.54 Å². The number of rotatable bonds is 5. The van der Waals surface area contributed by atoms with E-state index in [9.17, 15) is 0 Å². The Morgan fingerprint density at radius 1 is 1.23 bits per heavy atom. The number of hydrogen-bond acceptors (Lipinski definition) is 5. The van der Waals surface area contributed by atoms with Gasteiger partial charge in [-0.05, 0) is 6.07 Å². The summed E-state index contributed by atoms with van der Waals surface area (Å²) in [5.41, 5.74) is 3.11. The Labute approximate surface area is 133 Å². The van der Waals surface area contributed by atoms with Crippen molar-refractivity contribution in [3.8, 4) is 10.6 Å². The molecule has 1 aromatic carbocycles. The number of benzene rings is 1. The lowest BCUT2D eigenvalue weighted by Gasteiger charge is -2.07. The van der Waals surface area contributed by atoms with Gasteiger partial charge >= 0.3 is 0 Å². The lowest BCUT2D eigenvalue weighted by atomic mass is 10.2.